The third-order valence-corrected chi connectivity index (χ3v) is 7.67. The van der Waals surface area contributed by atoms with Gasteiger partial charge in [-0.15, -0.1) is 0 Å². The third kappa shape index (κ3) is 6.51. The highest BCUT2D eigenvalue weighted by Crippen LogP contribution is 2.35. The summed E-state index contributed by atoms with van der Waals surface area (Å²) >= 11 is 0. The molecule has 2 aliphatic heterocycles. The number of nitrogens with one attached hydrogen (secondary N) is 1. The van der Waals surface area contributed by atoms with E-state index in [9.17, 15) is 24.9 Å². The lowest BCUT2D eigenvalue weighted by Gasteiger charge is -2.34. The molecule has 2 unspecified atom stereocenters. The zero-order valence-electron chi connectivity index (χ0n) is 22.0. The Morgan fingerprint density at radius 1 is 1.25 bits per heavy atom. The van der Waals surface area contributed by atoms with E-state index in [1.165, 1.54) is 6.26 Å². The maximum absolute atomic E-state index is 13.3. The molecule has 200 valence electrons. The van der Waals surface area contributed by atoms with Crippen molar-refractivity contribution >= 4 is 17.8 Å². The molecule has 0 spiro atoms. The van der Waals surface area contributed by atoms with Gasteiger partial charge in [-0.05, 0) is 37.8 Å². The van der Waals surface area contributed by atoms with Gasteiger partial charge < -0.3 is 29.8 Å². The van der Waals surface area contributed by atoms with Gasteiger partial charge in [-0.2, -0.15) is 0 Å². The monoisotopic (exact) mass is 504 g/mol. The lowest BCUT2D eigenvalue weighted by molar-refractivity contribution is -0.154. The van der Waals surface area contributed by atoms with Gasteiger partial charge in [-0.1, -0.05) is 39.3 Å². The molecule has 1 saturated heterocycles. The minimum atomic E-state index is -1.27. The minimum absolute atomic E-state index is 0.0997. The summed E-state index contributed by atoms with van der Waals surface area (Å²) in [6.45, 7) is 10.3. The first-order valence-electron chi connectivity index (χ1n) is 12.6. The topological polar surface area (TPSA) is 152 Å². The Kier molecular flexibility index (Phi) is 8.93. The van der Waals surface area contributed by atoms with Crippen molar-refractivity contribution in [2.45, 2.75) is 97.8 Å². The van der Waals surface area contributed by atoms with E-state index in [0.717, 1.165) is 17.6 Å². The molecule has 0 aromatic carbocycles. The molecule has 2 aliphatic rings. The van der Waals surface area contributed by atoms with Crippen molar-refractivity contribution < 1.29 is 34.1 Å². The van der Waals surface area contributed by atoms with E-state index >= 15 is 0 Å². The predicted molar refractivity (Wildman–Crippen MR) is 133 cm³/mol. The first-order chi connectivity index (χ1) is 16.8. The number of oxazole rings is 1. The predicted octanol–water partition coefficient (Wildman–Crippen LogP) is 2.54. The first-order valence-corrected chi connectivity index (χ1v) is 12.6. The number of ether oxygens (including phenoxy) is 1. The number of carbonyl (C=O) groups excluding carboxylic acids is 2. The molecule has 3 rings (SSSR count). The number of aliphatic hydroxyl groups is 3. The Hall–Kier alpha value is -2.33. The number of nitrogens with zero attached hydrogens (tertiary/aromatic N) is 1. The molecule has 0 saturated carbocycles. The molecule has 1 fully saturated rings. The van der Waals surface area contributed by atoms with Crippen molar-refractivity contribution in [3.05, 3.63) is 35.1 Å². The number of aromatic nitrogens is 1. The second-order valence-electron chi connectivity index (χ2n) is 10.9. The van der Waals surface area contributed by atoms with Crippen LogP contribution in [0, 0.1) is 17.3 Å². The van der Waals surface area contributed by atoms with Gasteiger partial charge in [0.25, 0.3) is 0 Å². The SMILES string of the molecule is CC(=Cc1coc(CO)n1)[C@H]1C/C=C(/C)CC2NC2[C@@H](C)[C@H](O)[C@@H](C)C(=O)C(C)(C)[C@@H](O)CC(=O)O1. The summed E-state index contributed by atoms with van der Waals surface area (Å²) in [5.74, 6) is -1.56. The zero-order chi connectivity index (χ0) is 26.8. The van der Waals surface area contributed by atoms with Crippen molar-refractivity contribution in [3.63, 3.8) is 0 Å². The lowest BCUT2D eigenvalue weighted by Crippen LogP contribution is -2.46. The summed E-state index contributed by atoms with van der Waals surface area (Å²) in [6, 6.07) is 0.298. The van der Waals surface area contributed by atoms with Crippen molar-refractivity contribution in [2.75, 3.05) is 0 Å². The van der Waals surface area contributed by atoms with Crippen LogP contribution >= 0.6 is 0 Å². The van der Waals surface area contributed by atoms with Crippen LogP contribution < -0.4 is 5.32 Å². The summed E-state index contributed by atoms with van der Waals surface area (Å²) in [5.41, 5.74) is 1.10. The van der Waals surface area contributed by atoms with Gasteiger partial charge >= 0.3 is 5.97 Å². The fourth-order valence-corrected chi connectivity index (χ4v) is 4.95. The number of hydrogen-bond acceptors (Lipinski definition) is 9. The van der Waals surface area contributed by atoms with Gasteiger partial charge in [0.2, 0.25) is 5.89 Å². The van der Waals surface area contributed by atoms with Gasteiger partial charge in [0, 0.05) is 24.4 Å². The van der Waals surface area contributed by atoms with Gasteiger partial charge in [-0.25, -0.2) is 4.98 Å². The highest BCUT2D eigenvalue weighted by Gasteiger charge is 2.47. The van der Waals surface area contributed by atoms with Crippen molar-refractivity contribution in [1.29, 1.82) is 0 Å². The zero-order valence-corrected chi connectivity index (χ0v) is 22.0. The Morgan fingerprint density at radius 2 is 1.94 bits per heavy atom. The van der Waals surface area contributed by atoms with Gasteiger partial charge in [0.15, 0.2) is 0 Å². The van der Waals surface area contributed by atoms with E-state index in [1.807, 2.05) is 26.8 Å². The van der Waals surface area contributed by atoms with Gasteiger partial charge in [-0.3, -0.25) is 9.59 Å². The Morgan fingerprint density at radius 3 is 2.58 bits per heavy atom. The largest absolute Gasteiger partial charge is 0.457 e. The summed E-state index contributed by atoms with van der Waals surface area (Å²) in [4.78, 5) is 30.3. The Labute approximate surface area is 212 Å². The lowest BCUT2D eigenvalue weighted by atomic mass is 9.73. The normalized spacial score (nSPS) is 36.0. The average molecular weight is 505 g/mol. The van der Waals surface area contributed by atoms with Crippen LogP contribution in [0.1, 0.15) is 72.4 Å². The highest BCUT2D eigenvalue weighted by atomic mass is 16.5. The number of fused-ring (bicyclic) bond motifs is 1. The van der Waals surface area contributed by atoms with Crippen LogP contribution in [-0.4, -0.2) is 62.5 Å². The second-order valence-corrected chi connectivity index (χ2v) is 10.9. The summed E-state index contributed by atoms with van der Waals surface area (Å²) in [6.07, 6.45) is 3.29. The van der Waals surface area contributed by atoms with E-state index in [1.54, 1.807) is 26.8 Å². The van der Waals surface area contributed by atoms with Crippen LogP contribution in [0.4, 0.5) is 0 Å². The number of carbonyl (C=O) groups is 2. The molecule has 0 amide bonds. The van der Waals surface area contributed by atoms with Crippen molar-refractivity contribution in [1.82, 2.24) is 10.3 Å². The fourth-order valence-electron chi connectivity index (χ4n) is 4.95. The van der Waals surface area contributed by atoms with Crippen molar-refractivity contribution in [3.8, 4) is 0 Å². The second kappa shape index (κ2) is 11.4. The van der Waals surface area contributed by atoms with Crippen LogP contribution in [0.2, 0.25) is 0 Å². The molecule has 4 N–H and O–H groups in total. The molecular weight excluding hydrogens is 464 g/mol. The van der Waals surface area contributed by atoms with Gasteiger partial charge in [0.05, 0.1) is 24.0 Å². The molecule has 36 heavy (non-hydrogen) atoms. The van der Waals surface area contributed by atoms with Crippen LogP contribution in [-0.2, 0) is 20.9 Å². The van der Waals surface area contributed by atoms with E-state index in [0.29, 0.717) is 12.1 Å². The third-order valence-electron chi connectivity index (χ3n) is 7.67. The Balaban J connectivity index is 1.88. The standard InChI is InChI=1S/C27H40N2O7/c1-14-7-8-20(15(2)10-18-13-35-22(12-30)28-18)36-23(32)11-21(31)27(5,6)26(34)17(4)25(33)16(3)24-19(9-14)29-24/h7,10,13,16-17,19-21,24-25,29-31,33H,8-9,11-12H2,1-6H3/b14-7-,15-10?/t16-,17-,19?,20-,21+,24?,25+/m1/s1. The minimum Gasteiger partial charge on any atom is -0.457 e. The average Bonchev–Trinajstić information content (AvgIpc) is 3.44. The first kappa shape index (κ1) is 28.2. The Bertz CT molecular complexity index is 1010. The van der Waals surface area contributed by atoms with Crippen LogP contribution in [0.3, 0.4) is 0 Å². The van der Waals surface area contributed by atoms with Crippen molar-refractivity contribution in [2.24, 2.45) is 17.3 Å². The smallest absolute Gasteiger partial charge is 0.309 e. The number of cyclic esters (lactones) is 1. The van der Waals surface area contributed by atoms with Crippen LogP contribution in [0.15, 0.2) is 27.9 Å². The number of aliphatic hydroxyl groups excluding tert-OH is 3. The quantitative estimate of drug-likeness (QED) is 0.276. The molecule has 0 bridgehead atoms. The summed E-state index contributed by atoms with van der Waals surface area (Å²) in [7, 11) is 0. The molecule has 0 radical (unpaired) electrons. The molecule has 1 aromatic heterocycles. The van der Waals surface area contributed by atoms with Crippen LogP contribution in [0.5, 0.6) is 0 Å². The molecule has 7 atom stereocenters. The van der Waals surface area contributed by atoms with Gasteiger partial charge in [0.1, 0.15) is 30.5 Å². The van der Waals surface area contributed by atoms with E-state index in [-0.39, 0.29) is 42.7 Å². The summed E-state index contributed by atoms with van der Waals surface area (Å²) < 4.78 is 10.9. The maximum Gasteiger partial charge on any atom is 0.309 e. The highest BCUT2D eigenvalue weighted by molar-refractivity contribution is 5.88. The van der Waals surface area contributed by atoms with E-state index < -0.39 is 35.6 Å². The fraction of sp³-hybridized carbons (Fsp3) is 0.667. The van der Waals surface area contributed by atoms with E-state index in [2.05, 4.69) is 10.3 Å². The molecule has 9 heteroatoms. The maximum atomic E-state index is 13.3. The number of rotatable bonds is 3. The number of esters is 1. The van der Waals surface area contributed by atoms with E-state index in [4.69, 9.17) is 9.15 Å². The molecule has 3 heterocycles. The molecule has 0 aliphatic carbocycles. The number of Topliss-reactive ketones (excluding diaryl/α,β-unsaturated/α-hetero) is 1. The summed E-state index contributed by atoms with van der Waals surface area (Å²) in [5, 5.41) is 34.4. The number of hydrogen-bond donors (Lipinski definition) is 4. The number of ketones is 1. The molecule has 9 nitrogen and oxygen atoms in total. The molecular formula is C27H40N2O7. The molecule has 1 aromatic rings. The van der Waals surface area contributed by atoms with Crippen LogP contribution in [0.25, 0.3) is 6.08 Å².